The van der Waals surface area contributed by atoms with Crippen molar-refractivity contribution in [3.63, 3.8) is 0 Å². The minimum atomic E-state index is -0.936. The third kappa shape index (κ3) is 5.12. The maximum absolute atomic E-state index is 11.0. The van der Waals surface area contributed by atoms with Crippen molar-refractivity contribution in [2.24, 2.45) is 0 Å². The SMILES string of the molecule is C[C@@H](Oc1ccccc1CN1CCN(C2CCSCC2)CC1)C(=O)O. The summed E-state index contributed by atoms with van der Waals surface area (Å²) >= 11 is 2.08. The summed E-state index contributed by atoms with van der Waals surface area (Å²) in [5.74, 6) is 2.35. The number of hydrogen-bond acceptors (Lipinski definition) is 5. The van der Waals surface area contributed by atoms with E-state index in [1.807, 2.05) is 24.3 Å². The van der Waals surface area contributed by atoms with Crippen LogP contribution >= 0.6 is 11.8 Å². The van der Waals surface area contributed by atoms with Gasteiger partial charge in [0, 0.05) is 44.3 Å². The van der Waals surface area contributed by atoms with Crippen molar-refractivity contribution in [3.8, 4) is 5.75 Å². The van der Waals surface area contributed by atoms with Crippen LogP contribution in [-0.4, -0.2) is 70.7 Å². The van der Waals surface area contributed by atoms with E-state index in [0.717, 1.165) is 44.3 Å². The molecule has 2 heterocycles. The number of carboxylic acids is 1. The summed E-state index contributed by atoms with van der Waals surface area (Å²) in [6.45, 7) is 6.77. The van der Waals surface area contributed by atoms with Gasteiger partial charge in [0.2, 0.25) is 0 Å². The van der Waals surface area contributed by atoms with Gasteiger partial charge in [-0.1, -0.05) is 18.2 Å². The van der Waals surface area contributed by atoms with Gasteiger partial charge >= 0.3 is 5.97 Å². The number of piperazine rings is 1. The van der Waals surface area contributed by atoms with Crippen LogP contribution in [0.4, 0.5) is 0 Å². The third-order valence-electron chi connectivity index (χ3n) is 5.13. The second-order valence-electron chi connectivity index (χ2n) is 6.86. The highest BCUT2D eigenvalue weighted by Gasteiger charge is 2.25. The van der Waals surface area contributed by atoms with Crippen LogP contribution in [0.1, 0.15) is 25.3 Å². The molecule has 0 aliphatic carbocycles. The molecule has 138 valence electrons. The van der Waals surface area contributed by atoms with Crippen molar-refractivity contribution in [3.05, 3.63) is 29.8 Å². The Morgan fingerprint density at radius 3 is 2.60 bits per heavy atom. The first-order chi connectivity index (χ1) is 12.1. The van der Waals surface area contributed by atoms with Crippen molar-refractivity contribution < 1.29 is 14.6 Å². The average Bonchev–Trinajstić information content (AvgIpc) is 2.64. The Hall–Kier alpha value is -1.24. The van der Waals surface area contributed by atoms with Gasteiger partial charge < -0.3 is 9.84 Å². The fraction of sp³-hybridized carbons (Fsp3) is 0.632. The number of carbonyl (C=O) groups is 1. The van der Waals surface area contributed by atoms with Gasteiger partial charge in [0.05, 0.1) is 0 Å². The number of para-hydroxylation sites is 1. The number of nitrogens with zero attached hydrogens (tertiary/aromatic N) is 2. The van der Waals surface area contributed by atoms with Gasteiger partial charge in [-0.2, -0.15) is 11.8 Å². The molecule has 0 spiro atoms. The van der Waals surface area contributed by atoms with Crippen molar-refractivity contribution in [1.82, 2.24) is 9.80 Å². The zero-order valence-electron chi connectivity index (χ0n) is 14.9. The first-order valence-corrected chi connectivity index (χ1v) is 10.3. The molecule has 2 saturated heterocycles. The Labute approximate surface area is 154 Å². The van der Waals surface area contributed by atoms with E-state index in [-0.39, 0.29) is 0 Å². The number of thioether (sulfide) groups is 1. The Bertz CT molecular complexity index is 570. The highest BCUT2D eigenvalue weighted by molar-refractivity contribution is 7.99. The summed E-state index contributed by atoms with van der Waals surface area (Å²) in [5, 5.41) is 9.07. The first kappa shape index (κ1) is 18.5. The van der Waals surface area contributed by atoms with Gasteiger partial charge in [-0.25, -0.2) is 4.79 Å². The van der Waals surface area contributed by atoms with E-state index in [4.69, 9.17) is 9.84 Å². The fourth-order valence-electron chi connectivity index (χ4n) is 3.57. The molecule has 2 fully saturated rings. The van der Waals surface area contributed by atoms with Crippen LogP contribution in [-0.2, 0) is 11.3 Å². The Morgan fingerprint density at radius 1 is 1.24 bits per heavy atom. The quantitative estimate of drug-likeness (QED) is 0.837. The van der Waals surface area contributed by atoms with Crippen LogP contribution in [0.25, 0.3) is 0 Å². The van der Waals surface area contributed by atoms with Crippen molar-refractivity contribution >= 4 is 17.7 Å². The number of ether oxygens (including phenoxy) is 1. The number of benzene rings is 1. The normalized spacial score (nSPS) is 21.8. The summed E-state index contributed by atoms with van der Waals surface area (Å²) in [5.41, 5.74) is 1.07. The first-order valence-electron chi connectivity index (χ1n) is 9.15. The van der Waals surface area contributed by atoms with Gasteiger partial charge in [-0.15, -0.1) is 0 Å². The maximum atomic E-state index is 11.0. The van der Waals surface area contributed by atoms with Gasteiger partial charge in [0.15, 0.2) is 6.10 Å². The number of hydrogen-bond donors (Lipinski definition) is 1. The monoisotopic (exact) mass is 364 g/mol. The second-order valence-corrected chi connectivity index (χ2v) is 8.09. The zero-order chi connectivity index (χ0) is 17.6. The average molecular weight is 365 g/mol. The molecule has 0 amide bonds. The van der Waals surface area contributed by atoms with Crippen LogP contribution in [0.3, 0.4) is 0 Å². The number of carboxylic acid groups (broad SMARTS) is 1. The van der Waals surface area contributed by atoms with Gasteiger partial charge in [-0.3, -0.25) is 9.80 Å². The minimum Gasteiger partial charge on any atom is -0.479 e. The largest absolute Gasteiger partial charge is 0.479 e. The molecule has 6 heteroatoms. The molecular formula is C19H28N2O3S. The molecule has 0 unspecified atom stereocenters. The van der Waals surface area contributed by atoms with E-state index in [1.54, 1.807) is 6.92 Å². The Morgan fingerprint density at radius 2 is 1.92 bits per heavy atom. The standard InChI is InChI=1S/C19H28N2O3S/c1-15(19(22)23)24-18-5-3-2-4-16(18)14-20-8-10-21(11-9-20)17-6-12-25-13-7-17/h2-5,15,17H,6-14H2,1H3,(H,22,23)/t15-/m1/s1. The highest BCUT2D eigenvalue weighted by atomic mass is 32.2. The Kier molecular flexibility index (Phi) is 6.62. The van der Waals surface area contributed by atoms with Crippen LogP contribution in [0.15, 0.2) is 24.3 Å². The summed E-state index contributed by atoms with van der Waals surface area (Å²) in [7, 11) is 0. The minimum absolute atomic E-state index is 0.684. The lowest BCUT2D eigenvalue weighted by atomic mass is 10.1. The molecule has 2 aliphatic heterocycles. The number of aliphatic carboxylic acids is 1. The van der Waals surface area contributed by atoms with Gasteiger partial charge in [0.25, 0.3) is 0 Å². The van der Waals surface area contributed by atoms with Crippen molar-refractivity contribution in [2.45, 2.75) is 38.5 Å². The maximum Gasteiger partial charge on any atom is 0.344 e. The molecular weight excluding hydrogens is 336 g/mol. The van der Waals surface area contributed by atoms with Crippen LogP contribution in [0.5, 0.6) is 5.75 Å². The molecule has 5 nitrogen and oxygen atoms in total. The second kappa shape index (κ2) is 8.92. The lowest BCUT2D eigenvalue weighted by molar-refractivity contribution is -0.144. The third-order valence-corrected chi connectivity index (χ3v) is 6.18. The van der Waals surface area contributed by atoms with Crippen LogP contribution in [0, 0.1) is 0 Å². The molecule has 1 N–H and O–H groups in total. The van der Waals surface area contributed by atoms with E-state index < -0.39 is 12.1 Å². The van der Waals surface area contributed by atoms with Crippen molar-refractivity contribution in [2.75, 3.05) is 37.7 Å². The van der Waals surface area contributed by atoms with Crippen LogP contribution < -0.4 is 4.74 Å². The molecule has 25 heavy (non-hydrogen) atoms. The molecule has 1 aromatic rings. The van der Waals surface area contributed by atoms with Gasteiger partial charge in [0.1, 0.15) is 5.75 Å². The lowest BCUT2D eigenvalue weighted by Crippen LogP contribution is -2.50. The topological polar surface area (TPSA) is 53.0 Å². The van der Waals surface area contributed by atoms with E-state index >= 15 is 0 Å². The molecule has 0 radical (unpaired) electrons. The number of rotatable bonds is 6. The summed E-state index contributed by atoms with van der Waals surface area (Å²) in [6.07, 6.45) is 1.82. The van der Waals surface area contributed by atoms with Crippen molar-refractivity contribution in [1.29, 1.82) is 0 Å². The van der Waals surface area contributed by atoms with Crippen LogP contribution in [0.2, 0.25) is 0 Å². The molecule has 3 rings (SSSR count). The Balaban J connectivity index is 1.54. The predicted octanol–water partition coefficient (Wildman–Crippen LogP) is 2.55. The van der Waals surface area contributed by atoms with E-state index in [9.17, 15) is 4.79 Å². The molecule has 1 atom stereocenters. The zero-order valence-corrected chi connectivity index (χ0v) is 15.7. The molecule has 2 aliphatic rings. The lowest BCUT2D eigenvalue weighted by Gasteiger charge is -2.40. The summed E-state index contributed by atoms with van der Waals surface area (Å²) < 4.78 is 5.63. The predicted molar refractivity (Wildman–Crippen MR) is 101 cm³/mol. The van der Waals surface area contributed by atoms with E-state index in [1.165, 1.54) is 24.3 Å². The smallest absolute Gasteiger partial charge is 0.344 e. The van der Waals surface area contributed by atoms with E-state index in [2.05, 4.69) is 21.6 Å². The highest BCUT2D eigenvalue weighted by Crippen LogP contribution is 2.25. The summed E-state index contributed by atoms with van der Waals surface area (Å²) in [4.78, 5) is 16.2. The molecule has 0 bridgehead atoms. The molecule has 0 saturated carbocycles. The molecule has 0 aromatic heterocycles. The van der Waals surface area contributed by atoms with E-state index in [0.29, 0.717) is 5.75 Å². The van der Waals surface area contributed by atoms with Gasteiger partial charge in [-0.05, 0) is 37.3 Å². The summed E-state index contributed by atoms with van der Waals surface area (Å²) in [6, 6.07) is 8.56. The molecule has 1 aromatic carbocycles. The fourth-order valence-corrected chi connectivity index (χ4v) is 4.65.